The van der Waals surface area contributed by atoms with Crippen LogP contribution in [0.5, 0.6) is 0 Å². The van der Waals surface area contributed by atoms with Gasteiger partial charge in [0.1, 0.15) is 0 Å². The van der Waals surface area contributed by atoms with Gasteiger partial charge in [0, 0.05) is 17.6 Å². The Bertz CT molecular complexity index is 437. The Morgan fingerprint density at radius 3 is 2.33 bits per heavy atom. The predicted octanol–water partition coefficient (Wildman–Crippen LogP) is 1.34. The molecule has 0 aliphatic carbocycles. The second kappa shape index (κ2) is 4.23. The van der Waals surface area contributed by atoms with Crippen LogP contribution >= 0.6 is 15.9 Å². The van der Waals surface area contributed by atoms with E-state index in [1.165, 1.54) is 0 Å². The fourth-order valence-electron chi connectivity index (χ4n) is 1.45. The van der Waals surface area contributed by atoms with E-state index in [1.54, 1.807) is 0 Å². The fraction of sp³-hybridized carbons (Fsp3) is 0.400. The average Bonchev–Trinajstić information content (AvgIpc) is 2.04. The highest BCUT2D eigenvalue weighted by atomic mass is 79.9. The van der Waals surface area contributed by atoms with Crippen LogP contribution in [0.25, 0.3) is 0 Å². The lowest BCUT2D eigenvalue weighted by Crippen LogP contribution is -2.51. The Kier molecular flexibility index (Phi) is 3.13. The van der Waals surface area contributed by atoms with E-state index in [-0.39, 0.29) is 11.0 Å². The summed E-state index contributed by atoms with van der Waals surface area (Å²) in [6.45, 7) is 1.19. The summed E-state index contributed by atoms with van der Waals surface area (Å²) >= 11 is 3.32. The van der Waals surface area contributed by atoms with Crippen LogP contribution in [0.2, 0.25) is 0 Å². The van der Waals surface area contributed by atoms with Crippen molar-refractivity contribution < 1.29 is 8.42 Å². The normalized spacial score (nSPS) is 17.4. The molecule has 1 aromatic carbocycles. The topological polar surface area (TPSA) is 46.2 Å². The molecule has 1 fully saturated rings. The van der Waals surface area contributed by atoms with Crippen molar-refractivity contribution >= 4 is 25.8 Å². The van der Waals surface area contributed by atoms with Gasteiger partial charge in [0.15, 0.2) is 9.84 Å². The van der Waals surface area contributed by atoms with Crippen molar-refractivity contribution in [2.45, 2.75) is 11.0 Å². The van der Waals surface area contributed by atoms with Gasteiger partial charge in [0.2, 0.25) is 0 Å². The monoisotopic (exact) mass is 289 g/mol. The number of nitrogens with one attached hydrogen (secondary N) is 1. The maximum atomic E-state index is 11.8. The van der Waals surface area contributed by atoms with Crippen molar-refractivity contribution in [2.75, 3.05) is 13.1 Å². The Balaban J connectivity index is 2.11. The molecule has 0 radical (unpaired) electrons. The lowest BCUT2D eigenvalue weighted by Gasteiger charge is -2.26. The first-order valence-electron chi connectivity index (χ1n) is 4.75. The van der Waals surface area contributed by atoms with E-state index in [4.69, 9.17) is 0 Å². The van der Waals surface area contributed by atoms with Crippen LogP contribution in [-0.4, -0.2) is 26.8 Å². The predicted molar refractivity (Wildman–Crippen MR) is 63.4 cm³/mol. The number of sulfone groups is 1. The van der Waals surface area contributed by atoms with Crippen LogP contribution in [0, 0.1) is 0 Å². The zero-order valence-corrected chi connectivity index (χ0v) is 10.5. The van der Waals surface area contributed by atoms with E-state index in [1.807, 2.05) is 24.3 Å². The second-order valence-electron chi connectivity index (χ2n) is 3.71. The van der Waals surface area contributed by atoms with Gasteiger partial charge in [-0.2, -0.15) is 0 Å². The molecule has 0 unspecified atom stereocenters. The van der Waals surface area contributed by atoms with E-state index < -0.39 is 9.84 Å². The lowest BCUT2D eigenvalue weighted by molar-refractivity contribution is 0.495. The molecule has 0 bridgehead atoms. The van der Waals surface area contributed by atoms with E-state index in [0.717, 1.165) is 10.0 Å². The molecule has 1 heterocycles. The summed E-state index contributed by atoms with van der Waals surface area (Å²) in [4.78, 5) is 0. The summed E-state index contributed by atoms with van der Waals surface area (Å²) in [5.74, 6) is 0.145. The first-order valence-corrected chi connectivity index (χ1v) is 7.25. The maximum absolute atomic E-state index is 11.8. The van der Waals surface area contributed by atoms with Crippen molar-refractivity contribution in [3.8, 4) is 0 Å². The van der Waals surface area contributed by atoms with Crippen molar-refractivity contribution in [3.05, 3.63) is 34.3 Å². The first kappa shape index (κ1) is 11.1. The molecule has 15 heavy (non-hydrogen) atoms. The Labute approximate surface area is 97.9 Å². The summed E-state index contributed by atoms with van der Waals surface area (Å²) in [7, 11) is -2.97. The Morgan fingerprint density at radius 2 is 1.87 bits per heavy atom. The largest absolute Gasteiger partial charge is 0.314 e. The van der Waals surface area contributed by atoms with Gasteiger partial charge in [-0.05, 0) is 17.7 Å². The molecule has 0 spiro atoms. The standard InChI is InChI=1S/C10H12BrNO2S/c11-9-3-1-8(2-4-9)7-15(13,14)10-5-12-6-10/h1-4,10,12H,5-7H2. The van der Waals surface area contributed by atoms with Crippen LogP contribution in [0.1, 0.15) is 5.56 Å². The van der Waals surface area contributed by atoms with Gasteiger partial charge in [-0.15, -0.1) is 0 Å². The summed E-state index contributed by atoms with van der Waals surface area (Å²) in [5.41, 5.74) is 0.852. The molecular formula is C10H12BrNO2S. The van der Waals surface area contributed by atoms with E-state index in [9.17, 15) is 8.42 Å². The molecule has 0 saturated carbocycles. The highest BCUT2D eigenvalue weighted by Gasteiger charge is 2.30. The maximum Gasteiger partial charge on any atom is 0.159 e. The van der Waals surface area contributed by atoms with E-state index in [2.05, 4.69) is 21.2 Å². The van der Waals surface area contributed by atoms with E-state index in [0.29, 0.717) is 13.1 Å². The van der Waals surface area contributed by atoms with Gasteiger partial charge in [-0.25, -0.2) is 8.42 Å². The van der Waals surface area contributed by atoms with Crippen LogP contribution in [-0.2, 0) is 15.6 Å². The van der Waals surface area contributed by atoms with Gasteiger partial charge in [-0.3, -0.25) is 0 Å². The number of rotatable bonds is 3. The highest BCUT2D eigenvalue weighted by Crippen LogP contribution is 2.16. The number of hydrogen-bond donors (Lipinski definition) is 1. The first-order chi connectivity index (χ1) is 7.08. The van der Waals surface area contributed by atoms with Crippen LogP contribution in [0.15, 0.2) is 28.7 Å². The van der Waals surface area contributed by atoms with Gasteiger partial charge in [0.25, 0.3) is 0 Å². The molecule has 2 rings (SSSR count). The smallest absolute Gasteiger partial charge is 0.159 e. The van der Waals surface area contributed by atoms with Gasteiger partial charge >= 0.3 is 0 Å². The quantitative estimate of drug-likeness (QED) is 0.913. The van der Waals surface area contributed by atoms with Crippen LogP contribution < -0.4 is 5.32 Å². The van der Waals surface area contributed by atoms with Gasteiger partial charge in [0.05, 0.1) is 11.0 Å². The van der Waals surface area contributed by atoms with Crippen molar-refractivity contribution in [2.24, 2.45) is 0 Å². The summed E-state index contributed by atoms with van der Waals surface area (Å²) < 4.78 is 24.6. The van der Waals surface area contributed by atoms with E-state index >= 15 is 0 Å². The summed E-state index contributed by atoms with van der Waals surface area (Å²) in [6, 6.07) is 7.41. The van der Waals surface area contributed by atoms with Gasteiger partial charge < -0.3 is 5.32 Å². The molecule has 1 N–H and O–H groups in total. The second-order valence-corrected chi connectivity index (χ2v) is 6.91. The Morgan fingerprint density at radius 1 is 1.27 bits per heavy atom. The Hall–Kier alpha value is -0.390. The number of benzene rings is 1. The SMILES string of the molecule is O=S(=O)(Cc1ccc(Br)cc1)C1CNC1. The fourth-order valence-corrected chi connectivity index (χ4v) is 3.35. The molecule has 1 aliphatic heterocycles. The molecule has 1 saturated heterocycles. The minimum absolute atomic E-state index is 0.145. The zero-order valence-electron chi connectivity index (χ0n) is 8.11. The third kappa shape index (κ3) is 2.59. The van der Waals surface area contributed by atoms with Crippen LogP contribution in [0.3, 0.4) is 0 Å². The van der Waals surface area contributed by atoms with Crippen molar-refractivity contribution in [1.29, 1.82) is 0 Å². The molecule has 0 aromatic heterocycles. The number of halogens is 1. The molecule has 0 amide bonds. The summed E-state index contributed by atoms with van der Waals surface area (Å²) in [6.07, 6.45) is 0. The molecule has 3 nitrogen and oxygen atoms in total. The minimum atomic E-state index is -2.97. The molecule has 5 heteroatoms. The van der Waals surface area contributed by atoms with Crippen LogP contribution in [0.4, 0.5) is 0 Å². The third-order valence-corrected chi connectivity index (χ3v) is 5.15. The third-order valence-electron chi connectivity index (χ3n) is 2.53. The zero-order chi connectivity index (χ0) is 10.9. The molecule has 82 valence electrons. The number of hydrogen-bond acceptors (Lipinski definition) is 3. The average molecular weight is 290 g/mol. The molecule has 1 aromatic rings. The molecule has 0 atom stereocenters. The van der Waals surface area contributed by atoms with Crippen molar-refractivity contribution in [3.63, 3.8) is 0 Å². The van der Waals surface area contributed by atoms with Crippen molar-refractivity contribution in [1.82, 2.24) is 5.32 Å². The minimum Gasteiger partial charge on any atom is -0.314 e. The lowest BCUT2D eigenvalue weighted by atomic mass is 10.2. The molecule has 1 aliphatic rings. The highest BCUT2D eigenvalue weighted by molar-refractivity contribution is 9.10. The summed E-state index contributed by atoms with van der Waals surface area (Å²) in [5, 5.41) is 2.78. The van der Waals surface area contributed by atoms with Gasteiger partial charge in [-0.1, -0.05) is 28.1 Å². The molecular weight excluding hydrogens is 278 g/mol.